The van der Waals surface area contributed by atoms with Crippen LogP contribution < -0.4 is 5.32 Å². The number of aromatic nitrogens is 2. The molecule has 1 aliphatic rings. The van der Waals surface area contributed by atoms with Gasteiger partial charge in [-0.15, -0.1) is 0 Å². The summed E-state index contributed by atoms with van der Waals surface area (Å²) in [5.41, 5.74) is 3.70. The van der Waals surface area contributed by atoms with Gasteiger partial charge < -0.3 is 10.2 Å². The molecule has 0 saturated carbocycles. The summed E-state index contributed by atoms with van der Waals surface area (Å²) >= 11 is 0. The average molecular weight is 256 g/mol. The van der Waals surface area contributed by atoms with Crippen LogP contribution in [-0.2, 0) is 6.54 Å². The maximum atomic E-state index is 12.4. The predicted octanol–water partition coefficient (Wildman–Crippen LogP) is 1.81. The number of aryl methyl sites for hydroxylation is 1. The predicted molar refractivity (Wildman–Crippen MR) is 73.6 cm³/mol. The van der Waals surface area contributed by atoms with Crippen molar-refractivity contribution in [3.8, 4) is 5.69 Å². The first-order valence-electron chi connectivity index (χ1n) is 6.22. The van der Waals surface area contributed by atoms with Crippen molar-refractivity contribution >= 4 is 11.7 Å². The van der Waals surface area contributed by atoms with Crippen LogP contribution in [0.1, 0.15) is 21.6 Å². The Balaban J connectivity index is 2.30. The maximum absolute atomic E-state index is 12.4. The van der Waals surface area contributed by atoms with Crippen molar-refractivity contribution in [1.29, 1.82) is 0 Å². The summed E-state index contributed by atoms with van der Waals surface area (Å²) in [4.78, 5) is 18.5. The molecule has 0 aliphatic carbocycles. The molecule has 1 N–H and O–H groups in total. The van der Waals surface area contributed by atoms with Crippen LogP contribution in [0.2, 0.25) is 0 Å². The van der Waals surface area contributed by atoms with Gasteiger partial charge in [-0.1, -0.05) is 11.6 Å². The van der Waals surface area contributed by atoms with Crippen LogP contribution in [0.25, 0.3) is 5.69 Å². The van der Waals surface area contributed by atoms with Crippen LogP contribution >= 0.6 is 0 Å². The van der Waals surface area contributed by atoms with Gasteiger partial charge in [-0.3, -0.25) is 9.36 Å². The van der Waals surface area contributed by atoms with Crippen molar-refractivity contribution < 1.29 is 4.79 Å². The molecule has 0 atom stereocenters. The standard InChI is InChI=1S/C14H16N4O/c1-9-4-5-11-10(6-9)14(19)17(3)7-12-13(15-2)16-8-18(11)12/h4-6,8,15H,7H2,1-3H3. The summed E-state index contributed by atoms with van der Waals surface area (Å²) in [5.74, 6) is 0.859. The van der Waals surface area contributed by atoms with Crippen LogP contribution in [0.15, 0.2) is 24.5 Å². The second-order valence-corrected chi connectivity index (χ2v) is 4.84. The summed E-state index contributed by atoms with van der Waals surface area (Å²) in [6.07, 6.45) is 1.77. The van der Waals surface area contributed by atoms with Gasteiger partial charge in [0, 0.05) is 14.1 Å². The number of benzene rings is 1. The number of hydrogen-bond donors (Lipinski definition) is 1. The molecule has 98 valence electrons. The van der Waals surface area contributed by atoms with Gasteiger partial charge in [0.05, 0.1) is 23.5 Å². The highest BCUT2D eigenvalue weighted by Gasteiger charge is 2.25. The molecule has 0 radical (unpaired) electrons. The van der Waals surface area contributed by atoms with Crippen molar-refractivity contribution in [3.63, 3.8) is 0 Å². The number of rotatable bonds is 1. The fraction of sp³-hybridized carbons (Fsp3) is 0.286. The minimum absolute atomic E-state index is 0.0458. The number of carbonyl (C=O) groups is 1. The van der Waals surface area contributed by atoms with Crippen molar-refractivity contribution in [2.45, 2.75) is 13.5 Å². The van der Waals surface area contributed by atoms with Crippen LogP contribution in [0.5, 0.6) is 0 Å². The molecular weight excluding hydrogens is 240 g/mol. The Labute approximate surface area is 111 Å². The van der Waals surface area contributed by atoms with E-state index < -0.39 is 0 Å². The summed E-state index contributed by atoms with van der Waals surface area (Å²) in [7, 11) is 3.66. The van der Waals surface area contributed by atoms with E-state index in [2.05, 4.69) is 10.3 Å². The molecule has 5 nitrogen and oxygen atoms in total. The first-order chi connectivity index (χ1) is 9.11. The molecule has 2 aromatic rings. The summed E-state index contributed by atoms with van der Waals surface area (Å²) in [5, 5.41) is 3.07. The lowest BCUT2D eigenvalue weighted by molar-refractivity contribution is 0.0788. The van der Waals surface area contributed by atoms with Gasteiger partial charge >= 0.3 is 0 Å². The highest BCUT2D eigenvalue weighted by molar-refractivity contribution is 5.98. The third kappa shape index (κ3) is 1.69. The highest BCUT2D eigenvalue weighted by atomic mass is 16.2. The molecular formula is C14H16N4O. The molecule has 3 rings (SSSR count). The summed E-state index contributed by atoms with van der Waals surface area (Å²) in [6, 6.07) is 5.93. The zero-order chi connectivity index (χ0) is 13.6. The van der Waals surface area contributed by atoms with E-state index in [1.807, 2.05) is 43.8 Å². The summed E-state index contributed by atoms with van der Waals surface area (Å²) in [6.45, 7) is 2.54. The van der Waals surface area contributed by atoms with E-state index in [9.17, 15) is 4.79 Å². The van der Waals surface area contributed by atoms with E-state index in [0.29, 0.717) is 6.54 Å². The van der Waals surface area contributed by atoms with Crippen LogP contribution in [0, 0.1) is 6.92 Å². The van der Waals surface area contributed by atoms with Gasteiger partial charge in [0.15, 0.2) is 0 Å². The van der Waals surface area contributed by atoms with Gasteiger partial charge in [0.2, 0.25) is 0 Å². The zero-order valence-electron chi connectivity index (χ0n) is 11.3. The zero-order valence-corrected chi connectivity index (χ0v) is 11.3. The van der Waals surface area contributed by atoms with Crippen molar-refractivity contribution in [3.05, 3.63) is 41.3 Å². The Kier molecular flexibility index (Phi) is 2.55. The minimum atomic E-state index is 0.0458. The lowest BCUT2D eigenvalue weighted by Gasteiger charge is -2.14. The third-order valence-corrected chi connectivity index (χ3v) is 3.48. The molecule has 0 fully saturated rings. The van der Waals surface area contributed by atoms with Crippen molar-refractivity contribution in [2.75, 3.05) is 19.4 Å². The van der Waals surface area contributed by atoms with Gasteiger partial charge in [-0.25, -0.2) is 4.98 Å². The Bertz CT molecular complexity index is 659. The Hall–Kier alpha value is -2.30. The first-order valence-corrected chi connectivity index (χ1v) is 6.22. The number of anilines is 1. The van der Waals surface area contributed by atoms with Gasteiger partial charge in [0.25, 0.3) is 5.91 Å². The second-order valence-electron chi connectivity index (χ2n) is 4.84. The largest absolute Gasteiger partial charge is 0.372 e. The molecule has 0 unspecified atom stereocenters. The van der Waals surface area contributed by atoms with E-state index in [1.54, 1.807) is 11.2 Å². The Morgan fingerprint density at radius 2 is 2.16 bits per heavy atom. The monoisotopic (exact) mass is 256 g/mol. The van der Waals surface area contributed by atoms with Gasteiger partial charge in [-0.2, -0.15) is 0 Å². The fourth-order valence-electron chi connectivity index (χ4n) is 2.47. The van der Waals surface area contributed by atoms with Crippen molar-refractivity contribution in [1.82, 2.24) is 14.5 Å². The molecule has 1 aromatic carbocycles. The number of carbonyl (C=O) groups excluding carboxylic acids is 1. The molecule has 5 heteroatoms. The molecule has 0 saturated heterocycles. The van der Waals surface area contributed by atoms with E-state index in [4.69, 9.17) is 0 Å². The number of nitrogens with zero attached hydrogens (tertiary/aromatic N) is 3. The minimum Gasteiger partial charge on any atom is -0.372 e. The molecule has 19 heavy (non-hydrogen) atoms. The van der Waals surface area contributed by atoms with E-state index >= 15 is 0 Å². The SMILES string of the molecule is CNc1ncn2c1CN(C)C(=O)c1cc(C)ccc1-2. The smallest absolute Gasteiger partial charge is 0.256 e. The number of fused-ring (bicyclic) bond motifs is 3. The van der Waals surface area contributed by atoms with Crippen LogP contribution in [0.3, 0.4) is 0 Å². The Morgan fingerprint density at radius 3 is 2.89 bits per heavy atom. The fourth-order valence-corrected chi connectivity index (χ4v) is 2.47. The van der Waals surface area contributed by atoms with E-state index in [1.165, 1.54) is 0 Å². The van der Waals surface area contributed by atoms with E-state index in [-0.39, 0.29) is 5.91 Å². The van der Waals surface area contributed by atoms with Gasteiger partial charge in [0.1, 0.15) is 12.1 Å². The molecule has 1 aromatic heterocycles. The third-order valence-electron chi connectivity index (χ3n) is 3.48. The second kappa shape index (κ2) is 4.12. The molecule has 0 bridgehead atoms. The molecule has 0 spiro atoms. The van der Waals surface area contributed by atoms with E-state index in [0.717, 1.165) is 28.3 Å². The lowest BCUT2D eigenvalue weighted by atomic mass is 10.1. The molecule has 1 aliphatic heterocycles. The normalized spacial score (nSPS) is 13.8. The number of nitrogens with one attached hydrogen (secondary N) is 1. The first kappa shape index (κ1) is 11.8. The Morgan fingerprint density at radius 1 is 1.37 bits per heavy atom. The maximum Gasteiger partial charge on any atom is 0.256 e. The molecule has 1 amide bonds. The molecule has 2 heterocycles. The highest BCUT2D eigenvalue weighted by Crippen LogP contribution is 2.27. The number of amides is 1. The lowest BCUT2D eigenvalue weighted by Crippen LogP contribution is -2.25. The quantitative estimate of drug-likeness (QED) is 0.846. The summed E-state index contributed by atoms with van der Waals surface area (Å²) < 4.78 is 1.99. The van der Waals surface area contributed by atoms with Crippen LogP contribution in [-0.4, -0.2) is 34.5 Å². The average Bonchev–Trinajstić information content (AvgIpc) is 2.76. The van der Waals surface area contributed by atoms with Crippen molar-refractivity contribution in [2.24, 2.45) is 0 Å². The number of hydrogen-bond acceptors (Lipinski definition) is 3. The van der Waals surface area contributed by atoms with Crippen LogP contribution in [0.4, 0.5) is 5.82 Å². The van der Waals surface area contributed by atoms with Gasteiger partial charge in [-0.05, 0) is 19.1 Å². The topological polar surface area (TPSA) is 50.2 Å². The number of imidazole rings is 1.